The third-order valence-corrected chi connectivity index (χ3v) is 4.75. The number of thioether (sulfide) groups is 1. The molecule has 2 rings (SSSR count). The Balaban J connectivity index is 2.20. The lowest BCUT2D eigenvalue weighted by molar-refractivity contribution is -0.140. The Kier molecular flexibility index (Phi) is 6.93. The lowest BCUT2D eigenvalue weighted by atomic mass is 10.2. The molecule has 6 nitrogen and oxygen atoms in total. The minimum absolute atomic E-state index is 0.264. The second-order valence-electron chi connectivity index (χ2n) is 5.08. The van der Waals surface area contributed by atoms with Crippen molar-refractivity contribution >= 4 is 29.3 Å². The van der Waals surface area contributed by atoms with Gasteiger partial charge in [0.2, 0.25) is 5.16 Å². The summed E-state index contributed by atoms with van der Waals surface area (Å²) >= 11 is 7.34. The molecule has 0 saturated heterocycles. The fourth-order valence-corrected chi connectivity index (χ4v) is 3.30. The zero-order chi connectivity index (χ0) is 17.5. The van der Waals surface area contributed by atoms with Gasteiger partial charge in [-0.25, -0.2) is 4.98 Å². The Morgan fingerprint density at radius 3 is 2.88 bits per heavy atom. The third kappa shape index (κ3) is 4.64. The Hall–Kier alpha value is -1.73. The van der Waals surface area contributed by atoms with Gasteiger partial charge in [0, 0.05) is 5.02 Å². The topological polar surface area (TPSA) is 77.1 Å². The Morgan fingerprint density at radius 1 is 1.42 bits per heavy atom. The van der Waals surface area contributed by atoms with E-state index in [1.165, 1.54) is 18.9 Å². The molecule has 0 radical (unpaired) electrons. The van der Waals surface area contributed by atoms with Crippen LogP contribution >= 0.6 is 23.4 Å². The van der Waals surface area contributed by atoms with Crippen LogP contribution in [-0.4, -0.2) is 40.6 Å². The first-order valence-corrected chi connectivity index (χ1v) is 8.85. The maximum atomic E-state index is 11.9. The molecule has 0 spiro atoms. The Labute approximate surface area is 150 Å². The summed E-state index contributed by atoms with van der Waals surface area (Å²) in [6, 6.07) is 5.27. The van der Waals surface area contributed by atoms with E-state index < -0.39 is 0 Å². The lowest BCUT2D eigenvalue weighted by Crippen LogP contribution is -2.18. The summed E-state index contributed by atoms with van der Waals surface area (Å²) in [6.07, 6.45) is 2.66. The number of ether oxygens (including phenoxy) is 2. The summed E-state index contributed by atoms with van der Waals surface area (Å²) in [7, 11) is 2.97. The quantitative estimate of drug-likeness (QED) is 0.560. The number of benzene rings is 1. The van der Waals surface area contributed by atoms with Gasteiger partial charge in [-0.15, -0.1) is 5.10 Å². The van der Waals surface area contributed by atoms with Crippen molar-refractivity contribution in [2.45, 2.75) is 36.6 Å². The van der Waals surface area contributed by atoms with Gasteiger partial charge in [0.15, 0.2) is 5.82 Å². The van der Waals surface area contributed by atoms with Gasteiger partial charge in [0.25, 0.3) is 0 Å². The van der Waals surface area contributed by atoms with Crippen LogP contribution in [0.3, 0.4) is 0 Å². The molecule has 130 valence electrons. The average molecular weight is 370 g/mol. The highest BCUT2D eigenvalue weighted by atomic mass is 35.5. The number of carbonyl (C=O) groups excluding carboxylic acids is 1. The zero-order valence-corrected chi connectivity index (χ0v) is 15.4. The number of esters is 1. The fraction of sp³-hybridized carbons (Fsp3) is 0.438. The third-order valence-electron chi connectivity index (χ3n) is 3.41. The molecule has 0 aliphatic heterocycles. The molecule has 0 aliphatic carbocycles. The van der Waals surface area contributed by atoms with Gasteiger partial charge in [0.1, 0.15) is 11.0 Å². The number of hydrogen-bond donors (Lipinski definition) is 1. The fourth-order valence-electron chi connectivity index (χ4n) is 2.16. The highest BCUT2D eigenvalue weighted by molar-refractivity contribution is 8.00. The number of methoxy groups -OCH3 is 2. The van der Waals surface area contributed by atoms with E-state index in [-0.39, 0.29) is 11.2 Å². The van der Waals surface area contributed by atoms with Gasteiger partial charge < -0.3 is 9.47 Å². The first-order chi connectivity index (χ1) is 11.6. The lowest BCUT2D eigenvalue weighted by Gasteiger charge is -2.11. The SMILES string of the molecule is CCCCC(Sc1n[nH]c(-c2cc(Cl)ccc2OC)n1)C(=O)OC. The molecule has 8 heteroatoms. The minimum Gasteiger partial charge on any atom is -0.496 e. The van der Waals surface area contributed by atoms with Gasteiger partial charge >= 0.3 is 5.97 Å². The summed E-state index contributed by atoms with van der Waals surface area (Å²) < 4.78 is 10.2. The average Bonchev–Trinajstić information content (AvgIpc) is 3.06. The number of nitrogens with zero attached hydrogens (tertiary/aromatic N) is 2. The summed E-state index contributed by atoms with van der Waals surface area (Å²) in [6.45, 7) is 2.08. The standard InChI is InChI=1S/C16H20ClN3O3S/c1-4-5-6-13(15(21)23-3)24-16-18-14(19-20-16)11-9-10(17)7-8-12(11)22-2/h7-9,13H,4-6H2,1-3H3,(H,18,19,20). The predicted molar refractivity (Wildman–Crippen MR) is 94.6 cm³/mol. The van der Waals surface area contributed by atoms with Crippen molar-refractivity contribution < 1.29 is 14.3 Å². The molecule has 1 heterocycles. The van der Waals surface area contributed by atoms with Gasteiger partial charge in [0.05, 0.1) is 19.8 Å². The smallest absolute Gasteiger partial charge is 0.319 e. The molecule has 0 bridgehead atoms. The summed E-state index contributed by atoms with van der Waals surface area (Å²) in [5.74, 6) is 0.915. The molecular weight excluding hydrogens is 350 g/mol. The molecule has 2 aromatic rings. The first kappa shape index (κ1) is 18.6. The van der Waals surface area contributed by atoms with Crippen LogP contribution in [0.5, 0.6) is 5.75 Å². The monoisotopic (exact) mass is 369 g/mol. The number of carbonyl (C=O) groups is 1. The highest BCUT2D eigenvalue weighted by Gasteiger charge is 2.22. The second kappa shape index (κ2) is 8.94. The second-order valence-corrected chi connectivity index (χ2v) is 6.69. The highest BCUT2D eigenvalue weighted by Crippen LogP contribution is 2.32. The molecular formula is C16H20ClN3O3S. The van der Waals surface area contributed by atoms with E-state index in [2.05, 4.69) is 22.1 Å². The van der Waals surface area contributed by atoms with Crippen molar-refractivity contribution in [2.24, 2.45) is 0 Å². The first-order valence-electron chi connectivity index (χ1n) is 7.59. The molecule has 24 heavy (non-hydrogen) atoms. The van der Waals surface area contributed by atoms with Gasteiger partial charge in [-0.3, -0.25) is 9.89 Å². The van der Waals surface area contributed by atoms with Crippen molar-refractivity contribution in [3.05, 3.63) is 23.2 Å². The van der Waals surface area contributed by atoms with Gasteiger partial charge in [-0.1, -0.05) is 43.1 Å². The van der Waals surface area contributed by atoms with Crippen LogP contribution in [0.1, 0.15) is 26.2 Å². The van der Waals surface area contributed by atoms with Crippen molar-refractivity contribution in [1.82, 2.24) is 15.2 Å². The number of halogens is 1. The van der Waals surface area contributed by atoms with E-state index in [0.717, 1.165) is 19.3 Å². The molecule has 1 N–H and O–H groups in total. The van der Waals surface area contributed by atoms with E-state index in [1.807, 2.05) is 0 Å². The molecule has 0 saturated carbocycles. The van der Waals surface area contributed by atoms with E-state index >= 15 is 0 Å². The Morgan fingerprint density at radius 2 is 2.21 bits per heavy atom. The normalized spacial score (nSPS) is 12.0. The molecule has 0 aliphatic rings. The number of aromatic amines is 1. The number of unbranched alkanes of at least 4 members (excludes halogenated alkanes) is 1. The van der Waals surface area contributed by atoms with Crippen LogP contribution in [0.4, 0.5) is 0 Å². The number of hydrogen-bond acceptors (Lipinski definition) is 6. The van der Waals surface area contributed by atoms with Crippen molar-refractivity contribution in [1.29, 1.82) is 0 Å². The molecule has 1 unspecified atom stereocenters. The Bertz CT molecular complexity index is 693. The molecule has 0 fully saturated rings. The molecule has 1 aromatic carbocycles. The number of H-pyrrole nitrogens is 1. The molecule has 1 atom stereocenters. The minimum atomic E-state index is -0.320. The van der Waals surface area contributed by atoms with Crippen LogP contribution in [0.15, 0.2) is 23.4 Å². The summed E-state index contributed by atoms with van der Waals surface area (Å²) in [4.78, 5) is 16.3. The van der Waals surface area contributed by atoms with Gasteiger partial charge in [-0.2, -0.15) is 0 Å². The maximum absolute atomic E-state index is 11.9. The van der Waals surface area contributed by atoms with Crippen LogP contribution < -0.4 is 4.74 Å². The van der Waals surface area contributed by atoms with Gasteiger partial charge in [-0.05, 0) is 24.6 Å². The van der Waals surface area contributed by atoms with Crippen molar-refractivity contribution in [3.63, 3.8) is 0 Å². The number of rotatable bonds is 8. The van der Waals surface area contributed by atoms with Crippen LogP contribution in [0.2, 0.25) is 5.02 Å². The van der Waals surface area contributed by atoms with E-state index in [9.17, 15) is 4.79 Å². The van der Waals surface area contributed by atoms with Crippen molar-refractivity contribution in [3.8, 4) is 17.1 Å². The van der Waals surface area contributed by atoms with E-state index in [4.69, 9.17) is 21.1 Å². The molecule has 0 amide bonds. The number of nitrogens with one attached hydrogen (secondary N) is 1. The van der Waals surface area contributed by atoms with Crippen LogP contribution in [0.25, 0.3) is 11.4 Å². The van der Waals surface area contributed by atoms with Crippen LogP contribution in [0, 0.1) is 0 Å². The van der Waals surface area contributed by atoms with Crippen LogP contribution in [-0.2, 0) is 9.53 Å². The largest absolute Gasteiger partial charge is 0.496 e. The maximum Gasteiger partial charge on any atom is 0.319 e. The predicted octanol–water partition coefficient (Wildman–Crippen LogP) is 3.96. The molecule has 1 aromatic heterocycles. The van der Waals surface area contributed by atoms with Crippen molar-refractivity contribution in [2.75, 3.05) is 14.2 Å². The zero-order valence-electron chi connectivity index (χ0n) is 13.8. The number of aromatic nitrogens is 3. The van der Waals surface area contributed by atoms with E-state index in [0.29, 0.717) is 27.3 Å². The summed E-state index contributed by atoms with van der Waals surface area (Å²) in [5, 5.41) is 7.79. The summed E-state index contributed by atoms with van der Waals surface area (Å²) in [5.41, 5.74) is 0.715. The van der Waals surface area contributed by atoms with E-state index in [1.54, 1.807) is 25.3 Å².